The third-order valence-electron chi connectivity index (χ3n) is 3.78. The number of fused-ring (bicyclic) bond motifs is 1. The number of non-ortho nitro benzene ring substituents is 1. The maximum Gasteiger partial charge on any atom is 0.269 e. The van der Waals surface area contributed by atoms with E-state index in [0.29, 0.717) is 29.2 Å². The van der Waals surface area contributed by atoms with Gasteiger partial charge in [-0.2, -0.15) is 0 Å². The molecule has 0 radical (unpaired) electrons. The van der Waals surface area contributed by atoms with E-state index >= 15 is 0 Å². The topological polar surface area (TPSA) is 78.7 Å². The van der Waals surface area contributed by atoms with E-state index in [0.717, 1.165) is 5.57 Å². The molecule has 3 rings (SSSR count). The summed E-state index contributed by atoms with van der Waals surface area (Å²) >= 11 is 0. The van der Waals surface area contributed by atoms with Crippen LogP contribution in [0.15, 0.2) is 59.9 Å². The Labute approximate surface area is 150 Å². The first kappa shape index (κ1) is 17.4. The lowest BCUT2D eigenvalue weighted by molar-refractivity contribution is -0.384. The SMILES string of the molecule is CC(C)=CCOc1ccc2c(c1)O/C(=C\c1ccc([N+](=O)[O-])cc1)C2=O. The number of carbonyl (C=O) groups excluding carboxylic acids is 1. The average molecular weight is 351 g/mol. The number of nitrogens with zero attached hydrogens (tertiary/aromatic N) is 1. The summed E-state index contributed by atoms with van der Waals surface area (Å²) in [6.45, 7) is 4.42. The first-order valence-corrected chi connectivity index (χ1v) is 8.03. The van der Waals surface area contributed by atoms with Crippen LogP contribution in [0.1, 0.15) is 29.8 Å². The van der Waals surface area contributed by atoms with Crippen molar-refractivity contribution in [2.45, 2.75) is 13.8 Å². The minimum Gasteiger partial charge on any atom is -0.489 e. The second kappa shape index (κ2) is 7.23. The van der Waals surface area contributed by atoms with Gasteiger partial charge in [0.15, 0.2) is 5.76 Å². The Morgan fingerprint density at radius 3 is 2.58 bits per heavy atom. The first-order chi connectivity index (χ1) is 12.4. The lowest BCUT2D eigenvalue weighted by atomic mass is 10.1. The van der Waals surface area contributed by atoms with E-state index in [2.05, 4.69) is 0 Å². The molecule has 6 heteroatoms. The van der Waals surface area contributed by atoms with Crippen LogP contribution >= 0.6 is 0 Å². The highest BCUT2D eigenvalue weighted by Gasteiger charge is 2.27. The number of ether oxygens (including phenoxy) is 2. The van der Waals surface area contributed by atoms with E-state index in [-0.39, 0.29) is 17.2 Å². The third kappa shape index (κ3) is 3.80. The molecule has 0 bridgehead atoms. The van der Waals surface area contributed by atoms with Gasteiger partial charge in [-0.1, -0.05) is 5.57 Å². The molecule has 0 aliphatic carbocycles. The largest absolute Gasteiger partial charge is 0.489 e. The lowest BCUT2D eigenvalue weighted by Crippen LogP contribution is -1.98. The highest BCUT2D eigenvalue weighted by atomic mass is 16.6. The van der Waals surface area contributed by atoms with Crippen LogP contribution in [0.3, 0.4) is 0 Å². The average Bonchev–Trinajstić information content (AvgIpc) is 2.90. The summed E-state index contributed by atoms with van der Waals surface area (Å²) in [4.78, 5) is 22.7. The van der Waals surface area contributed by atoms with Crippen LogP contribution in [0.2, 0.25) is 0 Å². The fourth-order valence-corrected chi connectivity index (χ4v) is 2.41. The van der Waals surface area contributed by atoms with E-state index in [4.69, 9.17) is 9.47 Å². The summed E-state index contributed by atoms with van der Waals surface area (Å²) in [5, 5.41) is 10.7. The molecule has 1 aliphatic rings. The number of benzene rings is 2. The molecular weight excluding hydrogens is 334 g/mol. The molecule has 0 unspecified atom stereocenters. The number of hydrogen-bond donors (Lipinski definition) is 0. The number of carbonyl (C=O) groups is 1. The smallest absolute Gasteiger partial charge is 0.269 e. The van der Waals surface area contributed by atoms with Crippen molar-refractivity contribution in [2.24, 2.45) is 0 Å². The normalized spacial score (nSPS) is 13.9. The van der Waals surface area contributed by atoms with Gasteiger partial charge in [0.1, 0.15) is 18.1 Å². The quantitative estimate of drug-likeness (QED) is 0.342. The monoisotopic (exact) mass is 351 g/mol. The molecule has 2 aromatic carbocycles. The number of nitro groups is 1. The highest BCUT2D eigenvalue weighted by molar-refractivity contribution is 6.14. The fourth-order valence-electron chi connectivity index (χ4n) is 2.41. The molecule has 1 aliphatic heterocycles. The summed E-state index contributed by atoms with van der Waals surface area (Å²) in [6.07, 6.45) is 3.52. The zero-order valence-electron chi connectivity index (χ0n) is 14.4. The summed E-state index contributed by atoms with van der Waals surface area (Å²) < 4.78 is 11.3. The van der Waals surface area contributed by atoms with Crippen molar-refractivity contribution < 1.29 is 19.2 Å². The van der Waals surface area contributed by atoms with Gasteiger partial charge < -0.3 is 9.47 Å². The van der Waals surface area contributed by atoms with Crippen molar-refractivity contribution in [3.05, 3.63) is 81.1 Å². The van der Waals surface area contributed by atoms with Crippen molar-refractivity contribution in [3.63, 3.8) is 0 Å². The molecule has 0 saturated carbocycles. The molecule has 1 heterocycles. The van der Waals surface area contributed by atoms with Crippen LogP contribution in [0.4, 0.5) is 5.69 Å². The second-order valence-electron chi connectivity index (χ2n) is 6.04. The van der Waals surface area contributed by atoms with Crippen LogP contribution in [0, 0.1) is 10.1 Å². The molecule has 0 spiro atoms. The van der Waals surface area contributed by atoms with Crippen molar-refractivity contribution in [3.8, 4) is 11.5 Å². The first-order valence-electron chi connectivity index (χ1n) is 8.03. The second-order valence-corrected chi connectivity index (χ2v) is 6.04. The predicted molar refractivity (Wildman–Crippen MR) is 97.4 cm³/mol. The zero-order chi connectivity index (χ0) is 18.7. The Hall–Kier alpha value is -3.41. The molecule has 0 N–H and O–H groups in total. The minimum atomic E-state index is -0.471. The Morgan fingerprint density at radius 1 is 1.19 bits per heavy atom. The van der Waals surface area contributed by atoms with E-state index in [9.17, 15) is 14.9 Å². The maximum absolute atomic E-state index is 12.4. The molecule has 0 aromatic heterocycles. The number of ketones is 1. The zero-order valence-corrected chi connectivity index (χ0v) is 14.4. The van der Waals surface area contributed by atoms with Gasteiger partial charge in [-0.3, -0.25) is 14.9 Å². The number of nitro benzene ring substituents is 1. The third-order valence-corrected chi connectivity index (χ3v) is 3.78. The van der Waals surface area contributed by atoms with Crippen LogP contribution < -0.4 is 9.47 Å². The molecule has 0 fully saturated rings. The molecule has 2 aromatic rings. The van der Waals surface area contributed by atoms with Crippen molar-refractivity contribution in [1.82, 2.24) is 0 Å². The summed E-state index contributed by atoms with van der Waals surface area (Å²) in [5.41, 5.74) is 2.26. The fraction of sp³-hybridized carbons (Fsp3) is 0.150. The molecule has 0 atom stereocenters. The number of Topliss-reactive ketones (excluding diaryl/α,β-unsaturated/α-hetero) is 1. The Balaban J connectivity index is 1.78. The standard InChI is InChI=1S/C20H17NO5/c1-13(2)9-10-25-16-7-8-17-18(12-16)26-19(20(17)22)11-14-3-5-15(6-4-14)21(23)24/h3-9,11-12H,10H2,1-2H3/b19-11-. The van der Waals surface area contributed by atoms with Gasteiger partial charge in [-0.05, 0) is 55.8 Å². The molecular formula is C20H17NO5. The molecule has 26 heavy (non-hydrogen) atoms. The van der Waals surface area contributed by atoms with Crippen LogP contribution in [-0.4, -0.2) is 17.3 Å². The minimum absolute atomic E-state index is 0.00717. The lowest BCUT2D eigenvalue weighted by Gasteiger charge is -2.05. The summed E-state index contributed by atoms with van der Waals surface area (Å²) in [6, 6.07) is 11.0. The van der Waals surface area contributed by atoms with Crippen LogP contribution in [0.5, 0.6) is 11.5 Å². The van der Waals surface area contributed by atoms with Gasteiger partial charge in [0.2, 0.25) is 5.78 Å². The highest BCUT2D eigenvalue weighted by Crippen LogP contribution is 2.35. The van der Waals surface area contributed by atoms with E-state index < -0.39 is 4.92 Å². The van der Waals surface area contributed by atoms with E-state index in [1.807, 2.05) is 19.9 Å². The van der Waals surface area contributed by atoms with Crippen LogP contribution in [-0.2, 0) is 0 Å². The summed E-state index contributed by atoms with van der Waals surface area (Å²) in [5.74, 6) is 1.01. The molecule has 0 saturated heterocycles. The van der Waals surface area contributed by atoms with E-state index in [1.165, 1.54) is 12.1 Å². The number of hydrogen-bond acceptors (Lipinski definition) is 5. The number of allylic oxidation sites excluding steroid dienone is 2. The van der Waals surface area contributed by atoms with Gasteiger partial charge in [0, 0.05) is 18.2 Å². The van der Waals surface area contributed by atoms with Gasteiger partial charge in [-0.25, -0.2) is 0 Å². The Morgan fingerprint density at radius 2 is 1.92 bits per heavy atom. The van der Waals surface area contributed by atoms with Crippen LogP contribution in [0.25, 0.3) is 6.08 Å². The molecule has 132 valence electrons. The predicted octanol–water partition coefficient (Wildman–Crippen LogP) is 4.56. The van der Waals surface area contributed by atoms with Gasteiger partial charge in [0.25, 0.3) is 5.69 Å². The van der Waals surface area contributed by atoms with Gasteiger partial charge in [0.05, 0.1) is 10.5 Å². The number of rotatable bonds is 5. The molecule has 0 amide bonds. The van der Waals surface area contributed by atoms with Crippen molar-refractivity contribution in [2.75, 3.05) is 6.61 Å². The van der Waals surface area contributed by atoms with Gasteiger partial charge >= 0.3 is 0 Å². The van der Waals surface area contributed by atoms with Crippen molar-refractivity contribution >= 4 is 17.5 Å². The van der Waals surface area contributed by atoms with Gasteiger partial charge in [-0.15, -0.1) is 0 Å². The Kier molecular flexibility index (Phi) is 4.84. The Bertz CT molecular complexity index is 922. The summed E-state index contributed by atoms with van der Waals surface area (Å²) in [7, 11) is 0. The maximum atomic E-state index is 12.4. The van der Waals surface area contributed by atoms with E-state index in [1.54, 1.807) is 36.4 Å². The molecule has 6 nitrogen and oxygen atoms in total. The van der Waals surface area contributed by atoms with Crippen molar-refractivity contribution in [1.29, 1.82) is 0 Å².